The Balaban J connectivity index is 1.39. The topological polar surface area (TPSA) is 42.0 Å². The standard InChI is InChI=1S/C19H26N2O3/c22-18(21-8-3-6-19(14-21)7-10-23-15-19)13-20-9-11-24-17-5-2-1-4-16(17)12-20/h1-2,4-5H,3,6-15H2/t19-/m1/s1. The minimum absolute atomic E-state index is 0.225. The first kappa shape index (κ1) is 15.9. The molecule has 3 aliphatic heterocycles. The first-order valence-corrected chi connectivity index (χ1v) is 9.03. The van der Waals surface area contributed by atoms with E-state index in [-0.39, 0.29) is 11.3 Å². The average Bonchev–Trinajstić information content (AvgIpc) is 2.93. The van der Waals surface area contributed by atoms with Crippen LogP contribution in [0.1, 0.15) is 24.8 Å². The van der Waals surface area contributed by atoms with E-state index in [0.29, 0.717) is 13.2 Å². The summed E-state index contributed by atoms with van der Waals surface area (Å²) in [6.45, 7) is 6.13. The Hall–Kier alpha value is -1.59. The van der Waals surface area contributed by atoms with Gasteiger partial charge in [-0.1, -0.05) is 18.2 Å². The van der Waals surface area contributed by atoms with Gasteiger partial charge in [0.05, 0.1) is 13.2 Å². The Bertz CT molecular complexity index is 598. The molecule has 5 nitrogen and oxygen atoms in total. The summed E-state index contributed by atoms with van der Waals surface area (Å²) in [5.74, 6) is 1.20. The van der Waals surface area contributed by atoms with E-state index in [2.05, 4.69) is 15.9 Å². The van der Waals surface area contributed by atoms with E-state index in [4.69, 9.17) is 9.47 Å². The number of rotatable bonds is 2. The second-order valence-electron chi connectivity index (χ2n) is 7.39. The van der Waals surface area contributed by atoms with Gasteiger partial charge in [-0.3, -0.25) is 9.69 Å². The van der Waals surface area contributed by atoms with Crippen molar-refractivity contribution in [1.82, 2.24) is 9.80 Å². The SMILES string of the molecule is O=C(CN1CCOc2ccccc2C1)N1CCC[C@@]2(CCOC2)C1. The number of likely N-dealkylation sites (tertiary alicyclic amines) is 1. The fraction of sp³-hybridized carbons (Fsp3) is 0.632. The second kappa shape index (κ2) is 6.73. The van der Waals surface area contributed by atoms with Crippen LogP contribution in [0.15, 0.2) is 24.3 Å². The number of carbonyl (C=O) groups excluding carboxylic acids is 1. The number of carbonyl (C=O) groups is 1. The molecule has 0 aliphatic carbocycles. The van der Waals surface area contributed by atoms with Crippen LogP contribution in [0.5, 0.6) is 5.75 Å². The van der Waals surface area contributed by atoms with Crippen molar-refractivity contribution < 1.29 is 14.3 Å². The molecule has 130 valence electrons. The Morgan fingerprint density at radius 1 is 1.17 bits per heavy atom. The van der Waals surface area contributed by atoms with Crippen molar-refractivity contribution in [1.29, 1.82) is 0 Å². The zero-order chi connectivity index (χ0) is 16.4. The van der Waals surface area contributed by atoms with Crippen molar-refractivity contribution in [2.45, 2.75) is 25.8 Å². The normalized spacial score (nSPS) is 27.6. The number of piperidine rings is 1. The molecule has 2 saturated heterocycles. The lowest BCUT2D eigenvalue weighted by atomic mass is 9.79. The van der Waals surface area contributed by atoms with Crippen molar-refractivity contribution in [2.75, 3.05) is 46.0 Å². The molecule has 1 aromatic carbocycles. The third kappa shape index (κ3) is 3.28. The van der Waals surface area contributed by atoms with Gasteiger partial charge in [0.25, 0.3) is 0 Å². The maximum Gasteiger partial charge on any atom is 0.236 e. The van der Waals surface area contributed by atoms with Gasteiger partial charge in [-0.25, -0.2) is 0 Å². The predicted octanol–water partition coefficient (Wildman–Crippen LogP) is 1.91. The number of benzene rings is 1. The number of fused-ring (bicyclic) bond motifs is 1. The number of nitrogens with zero attached hydrogens (tertiary/aromatic N) is 2. The number of para-hydroxylation sites is 1. The molecule has 0 aromatic heterocycles. The van der Waals surface area contributed by atoms with Crippen LogP contribution in [0.25, 0.3) is 0 Å². The first-order valence-electron chi connectivity index (χ1n) is 9.03. The van der Waals surface area contributed by atoms with E-state index in [1.165, 1.54) is 12.0 Å². The molecule has 0 bridgehead atoms. The summed E-state index contributed by atoms with van der Waals surface area (Å²) < 4.78 is 11.4. The van der Waals surface area contributed by atoms with E-state index in [1.807, 2.05) is 18.2 Å². The van der Waals surface area contributed by atoms with Crippen molar-refractivity contribution in [3.05, 3.63) is 29.8 Å². The summed E-state index contributed by atoms with van der Waals surface area (Å²) >= 11 is 0. The highest BCUT2D eigenvalue weighted by Gasteiger charge is 2.40. The van der Waals surface area contributed by atoms with E-state index in [0.717, 1.165) is 58.0 Å². The molecular weight excluding hydrogens is 304 g/mol. The molecule has 1 aromatic rings. The quantitative estimate of drug-likeness (QED) is 0.831. The summed E-state index contributed by atoms with van der Waals surface area (Å²) in [5, 5.41) is 0. The largest absolute Gasteiger partial charge is 0.492 e. The van der Waals surface area contributed by atoms with Gasteiger partial charge in [0.2, 0.25) is 5.91 Å². The molecule has 5 heteroatoms. The van der Waals surface area contributed by atoms with Crippen molar-refractivity contribution >= 4 is 5.91 Å². The monoisotopic (exact) mass is 330 g/mol. The van der Waals surface area contributed by atoms with E-state index < -0.39 is 0 Å². The molecule has 0 N–H and O–H groups in total. The molecule has 2 fully saturated rings. The lowest BCUT2D eigenvalue weighted by Gasteiger charge is -2.40. The molecule has 1 spiro atoms. The Morgan fingerprint density at radius 2 is 2.08 bits per heavy atom. The number of amides is 1. The van der Waals surface area contributed by atoms with Gasteiger partial charge in [0.15, 0.2) is 0 Å². The zero-order valence-corrected chi connectivity index (χ0v) is 14.2. The fourth-order valence-corrected chi connectivity index (χ4v) is 4.20. The summed E-state index contributed by atoms with van der Waals surface area (Å²) in [6, 6.07) is 8.12. The third-order valence-electron chi connectivity index (χ3n) is 5.59. The Morgan fingerprint density at radius 3 is 2.96 bits per heavy atom. The van der Waals surface area contributed by atoms with Crippen LogP contribution in [0.2, 0.25) is 0 Å². The highest BCUT2D eigenvalue weighted by atomic mass is 16.5. The van der Waals surface area contributed by atoms with E-state index in [1.54, 1.807) is 0 Å². The average molecular weight is 330 g/mol. The Kier molecular flexibility index (Phi) is 4.46. The molecule has 0 saturated carbocycles. The van der Waals surface area contributed by atoms with Crippen LogP contribution in [-0.2, 0) is 16.1 Å². The van der Waals surface area contributed by atoms with Crippen LogP contribution in [-0.4, -0.2) is 61.7 Å². The number of ether oxygens (including phenoxy) is 2. The number of hydrogen-bond donors (Lipinski definition) is 0. The van der Waals surface area contributed by atoms with Crippen LogP contribution in [0.4, 0.5) is 0 Å². The van der Waals surface area contributed by atoms with Gasteiger partial charge < -0.3 is 14.4 Å². The summed E-state index contributed by atoms with van der Waals surface area (Å²) in [7, 11) is 0. The Labute approximate surface area is 143 Å². The summed E-state index contributed by atoms with van der Waals surface area (Å²) in [6.07, 6.45) is 3.39. The lowest BCUT2D eigenvalue weighted by molar-refractivity contribution is -0.136. The molecule has 4 rings (SSSR count). The molecular formula is C19H26N2O3. The van der Waals surface area contributed by atoms with Gasteiger partial charge in [0, 0.05) is 43.8 Å². The van der Waals surface area contributed by atoms with Crippen LogP contribution in [0, 0.1) is 5.41 Å². The van der Waals surface area contributed by atoms with Crippen LogP contribution < -0.4 is 4.74 Å². The van der Waals surface area contributed by atoms with Crippen LogP contribution >= 0.6 is 0 Å². The lowest BCUT2D eigenvalue weighted by Crippen LogP contribution is -2.49. The molecule has 3 heterocycles. The second-order valence-corrected chi connectivity index (χ2v) is 7.39. The molecule has 3 aliphatic rings. The van der Waals surface area contributed by atoms with Crippen molar-refractivity contribution in [3.8, 4) is 5.75 Å². The van der Waals surface area contributed by atoms with E-state index >= 15 is 0 Å². The predicted molar refractivity (Wildman–Crippen MR) is 90.9 cm³/mol. The molecule has 1 amide bonds. The minimum Gasteiger partial charge on any atom is -0.492 e. The highest BCUT2D eigenvalue weighted by molar-refractivity contribution is 5.78. The van der Waals surface area contributed by atoms with Gasteiger partial charge in [-0.15, -0.1) is 0 Å². The minimum atomic E-state index is 0.225. The fourth-order valence-electron chi connectivity index (χ4n) is 4.20. The summed E-state index contributed by atoms with van der Waals surface area (Å²) in [4.78, 5) is 17.1. The zero-order valence-electron chi connectivity index (χ0n) is 14.2. The van der Waals surface area contributed by atoms with Gasteiger partial charge in [-0.2, -0.15) is 0 Å². The molecule has 0 unspecified atom stereocenters. The van der Waals surface area contributed by atoms with Crippen molar-refractivity contribution in [3.63, 3.8) is 0 Å². The first-order chi connectivity index (χ1) is 11.7. The van der Waals surface area contributed by atoms with Gasteiger partial charge >= 0.3 is 0 Å². The maximum absolute atomic E-state index is 12.8. The molecule has 0 radical (unpaired) electrons. The van der Waals surface area contributed by atoms with Crippen molar-refractivity contribution in [2.24, 2.45) is 5.41 Å². The maximum atomic E-state index is 12.8. The summed E-state index contributed by atoms with van der Waals surface area (Å²) in [5.41, 5.74) is 1.39. The number of hydrogen-bond acceptors (Lipinski definition) is 4. The smallest absolute Gasteiger partial charge is 0.236 e. The van der Waals surface area contributed by atoms with Gasteiger partial charge in [-0.05, 0) is 25.3 Å². The third-order valence-corrected chi connectivity index (χ3v) is 5.59. The van der Waals surface area contributed by atoms with Gasteiger partial charge in [0.1, 0.15) is 12.4 Å². The molecule has 24 heavy (non-hydrogen) atoms. The molecule has 1 atom stereocenters. The van der Waals surface area contributed by atoms with E-state index in [9.17, 15) is 4.79 Å². The highest BCUT2D eigenvalue weighted by Crippen LogP contribution is 2.37. The van der Waals surface area contributed by atoms with Crippen LogP contribution in [0.3, 0.4) is 0 Å².